The lowest BCUT2D eigenvalue weighted by atomic mass is 9.76. The smallest absolute Gasteiger partial charge is 0.311 e. The van der Waals surface area contributed by atoms with E-state index in [1.807, 2.05) is 55.6 Å². The highest BCUT2D eigenvalue weighted by Crippen LogP contribution is 2.40. The van der Waals surface area contributed by atoms with Crippen LogP contribution in [0.4, 0.5) is 0 Å². The van der Waals surface area contributed by atoms with Crippen LogP contribution in [0, 0.1) is 11.3 Å². The Kier molecular flexibility index (Phi) is 4.45. The van der Waals surface area contributed by atoms with Crippen LogP contribution in [-0.2, 0) is 4.79 Å². The summed E-state index contributed by atoms with van der Waals surface area (Å²) in [4.78, 5) is 27.1. The van der Waals surface area contributed by atoms with Crippen molar-refractivity contribution in [3.63, 3.8) is 0 Å². The van der Waals surface area contributed by atoms with E-state index in [0.29, 0.717) is 17.8 Å². The molecule has 0 radical (unpaired) electrons. The Bertz CT molecular complexity index is 753. The normalized spacial score (nSPS) is 20.5. The Morgan fingerprint density at radius 1 is 1.21 bits per heavy atom. The third-order valence-corrected chi connectivity index (χ3v) is 5.97. The zero-order valence-corrected chi connectivity index (χ0v) is 14.7. The predicted octanol–water partition coefficient (Wildman–Crippen LogP) is 3.99. The number of aliphatic carboxylic acids is 1. The standard InChI is InChI=1S/C19H21NO3S/c1-13(2)19(18(22)23)9-10-20(12-19)17(21)16-15(8-11-24-16)14-6-4-3-5-7-14/h3-8,11,13H,9-10,12H2,1-2H3,(H,22,23). The van der Waals surface area contributed by atoms with Gasteiger partial charge in [0.1, 0.15) is 0 Å². The van der Waals surface area contributed by atoms with Crippen molar-refractivity contribution < 1.29 is 14.7 Å². The van der Waals surface area contributed by atoms with Gasteiger partial charge in [-0.25, -0.2) is 0 Å². The highest BCUT2D eigenvalue weighted by Gasteiger charge is 2.48. The predicted molar refractivity (Wildman–Crippen MR) is 95.2 cm³/mol. The van der Waals surface area contributed by atoms with E-state index in [-0.39, 0.29) is 18.4 Å². The molecule has 0 aliphatic carbocycles. The monoisotopic (exact) mass is 343 g/mol. The van der Waals surface area contributed by atoms with Crippen molar-refractivity contribution >= 4 is 23.2 Å². The first-order valence-electron chi connectivity index (χ1n) is 8.11. The topological polar surface area (TPSA) is 57.6 Å². The number of hydrogen-bond donors (Lipinski definition) is 1. The lowest BCUT2D eigenvalue weighted by Crippen LogP contribution is -2.40. The fourth-order valence-electron chi connectivity index (χ4n) is 3.36. The van der Waals surface area contributed by atoms with E-state index in [2.05, 4.69) is 0 Å². The van der Waals surface area contributed by atoms with Gasteiger partial charge in [-0.2, -0.15) is 0 Å². The van der Waals surface area contributed by atoms with Crippen molar-refractivity contribution in [1.29, 1.82) is 0 Å². The second-order valence-corrected chi connectivity index (χ2v) is 7.54. The molecule has 0 spiro atoms. The summed E-state index contributed by atoms with van der Waals surface area (Å²) in [7, 11) is 0. The zero-order valence-electron chi connectivity index (χ0n) is 13.9. The molecule has 24 heavy (non-hydrogen) atoms. The van der Waals surface area contributed by atoms with Crippen LogP contribution in [0.15, 0.2) is 41.8 Å². The molecular formula is C19H21NO3S. The Hall–Kier alpha value is -2.14. The van der Waals surface area contributed by atoms with Gasteiger partial charge in [0.15, 0.2) is 0 Å². The summed E-state index contributed by atoms with van der Waals surface area (Å²) in [5, 5.41) is 11.6. The van der Waals surface area contributed by atoms with Crippen molar-refractivity contribution in [2.24, 2.45) is 11.3 Å². The molecule has 3 rings (SSSR count). The fraction of sp³-hybridized carbons (Fsp3) is 0.368. The summed E-state index contributed by atoms with van der Waals surface area (Å²) in [6.45, 7) is 4.62. The molecule has 1 aromatic carbocycles. The molecular weight excluding hydrogens is 322 g/mol. The molecule has 1 aromatic heterocycles. The molecule has 2 aromatic rings. The molecule has 5 heteroatoms. The van der Waals surface area contributed by atoms with Crippen LogP contribution in [0.25, 0.3) is 11.1 Å². The van der Waals surface area contributed by atoms with Gasteiger partial charge < -0.3 is 10.0 Å². The van der Waals surface area contributed by atoms with Crippen molar-refractivity contribution in [1.82, 2.24) is 4.90 Å². The summed E-state index contributed by atoms with van der Waals surface area (Å²) < 4.78 is 0. The molecule has 1 amide bonds. The number of carboxylic acids is 1. The van der Waals surface area contributed by atoms with Gasteiger partial charge in [0, 0.05) is 18.7 Å². The molecule has 0 saturated carbocycles. The van der Waals surface area contributed by atoms with E-state index in [4.69, 9.17) is 0 Å². The number of amides is 1. The van der Waals surface area contributed by atoms with Gasteiger partial charge in [0.05, 0.1) is 10.3 Å². The number of carbonyl (C=O) groups is 2. The quantitative estimate of drug-likeness (QED) is 0.913. The molecule has 1 saturated heterocycles. The number of carboxylic acid groups (broad SMARTS) is 1. The highest BCUT2D eigenvalue weighted by molar-refractivity contribution is 7.12. The number of benzene rings is 1. The lowest BCUT2D eigenvalue weighted by molar-refractivity contribution is -0.150. The Morgan fingerprint density at radius 2 is 1.92 bits per heavy atom. The molecule has 1 unspecified atom stereocenters. The van der Waals surface area contributed by atoms with Crippen LogP contribution < -0.4 is 0 Å². The molecule has 0 bridgehead atoms. The zero-order chi connectivity index (χ0) is 17.3. The number of carbonyl (C=O) groups excluding carboxylic acids is 1. The maximum Gasteiger partial charge on any atom is 0.311 e. The van der Waals surface area contributed by atoms with Crippen LogP contribution in [0.5, 0.6) is 0 Å². The summed E-state index contributed by atoms with van der Waals surface area (Å²) in [6.07, 6.45) is 0.512. The summed E-state index contributed by atoms with van der Waals surface area (Å²) in [6, 6.07) is 11.8. The third kappa shape index (κ3) is 2.73. The minimum Gasteiger partial charge on any atom is -0.481 e. The first kappa shape index (κ1) is 16.7. The molecule has 2 heterocycles. The second kappa shape index (κ2) is 6.40. The van der Waals surface area contributed by atoms with E-state index in [1.165, 1.54) is 11.3 Å². The number of likely N-dealkylation sites (tertiary alicyclic amines) is 1. The molecule has 1 aliphatic rings. The van der Waals surface area contributed by atoms with Crippen molar-refractivity contribution in [2.75, 3.05) is 13.1 Å². The maximum absolute atomic E-state index is 13.0. The Balaban J connectivity index is 1.87. The number of rotatable bonds is 4. The van der Waals surface area contributed by atoms with Gasteiger partial charge in [-0.3, -0.25) is 9.59 Å². The Labute approximate surface area is 145 Å². The second-order valence-electron chi connectivity index (χ2n) is 6.62. The Morgan fingerprint density at radius 3 is 2.50 bits per heavy atom. The third-order valence-electron chi connectivity index (χ3n) is 5.06. The van der Waals surface area contributed by atoms with Crippen LogP contribution >= 0.6 is 11.3 Å². The summed E-state index contributed by atoms with van der Waals surface area (Å²) in [5.74, 6) is -0.875. The molecule has 1 aliphatic heterocycles. The average molecular weight is 343 g/mol. The van der Waals surface area contributed by atoms with Crippen LogP contribution in [0.2, 0.25) is 0 Å². The van der Waals surface area contributed by atoms with Gasteiger partial charge in [0.25, 0.3) is 5.91 Å². The summed E-state index contributed by atoms with van der Waals surface area (Å²) >= 11 is 1.42. The molecule has 1 N–H and O–H groups in total. The maximum atomic E-state index is 13.0. The van der Waals surface area contributed by atoms with Gasteiger partial charge in [0.2, 0.25) is 0 Å². The van der Waals surface area contributed by atoms with Crippen molar-refractivity contribution in [3.05, 3.63) is 46.7 Å². The molecule has 4 nitrogen and oxygen atoms in total. The summed E-state index contributed by atoms with van der Waals surface area (Å²) in [5.41, 5.74) is 1.09. The molecule has 126 valence electrons. The van der Waals surface area contributed by atoms with Crippen molar-refractivity contribution in [3.8, 4) is 11.1 Å². The van der Waals surface area contributed by atoms with E-state index in [1.54, 1.807) is 4.90 Å². The fourth-order valence-corrected chi connectivity index (χ4v) is 4.25. The van der Waals surface area contributed by atoms with Gasteiger partial charge in [-0.1, -0.05) is 44.2 Å². The van der Waals surface area contributed by atoms with E-state index in [9.17, 15) is 14.7 Å². The van der Waals surface area contributed by atoms with Crippen LogP contribution in [0.3, 0.4) is 0 Å². The van der Waals surface area contributed by atoms with E-state index >= 15 is 0 Å². The van der Waals surface area contributed by atoms with Gasteiger partial charge in [-0.05, 0) is 29.3 Å². The minimum absolute atomic E-state index is 0.00951. The molecule has 1 atom stereocenters. The number of thiophene rings is 1. The SMILES string of the molecule is CC(C)C1(C(=O)O)CCN(C(=O)c2sccc2-c2ccccc2)C1. The number of hydrogen-bond acceptors (Lipinski definition) is 3. The van der Waals surface area contributed by atoms with Crippen LogP contribution in [0.1, 0.15) is 29.9 Å². The van der Waals surface area contributed by atoms with Crippen LogP contribution in [-0.4, -0.2) is 35.0 Å². The van der Waals surface area contributed by atoms with Crippen molar-refractivity contribution in [2.45, 2.75) is 20.3 Å². The first-order valence-corrected chi connectivity index (χ1v) is 8.99. The molecule has 1 fully saturated rings. The van der Waals surface area contributed by atoms with E-state index < -0.39 is 11.4 Å². The average Bonchev–Trinajstić information content (AvgIpc) is 3.23. The minimum atomic E-state index is -0.834. The van der Waals surface area contributed by atoms with Gasteiger partial charge in [-0.15, -0.1) is 11.3 Å². The highest BCUT2D eigenvalue weighted by atomic mass is 32.1. The van der Waals surface area contributed by atoms with Gasteiger partial charge >= 0.3 is 5.97 Å². The first-order chi connectivity index (χ1) is 11.5. The largest absolute Gasteiger partial charge is 0.481 e. The number of nitrogens with zero attached hydrogens (tertiary/aromatic N) is 1. The lowest BCUT2D eigenvalue weighted by Gasteiger charge is -2.28. The van der Waals surface area contributed by atoms with E-state index in [0.717, 1.165) is 11.1 Å².